The van der Waals surface area contributed by atoms with E-state index >= 15 is 0 Å². The van der Waals surface area contributed by atoms with E-state index in [1.165, 1.54) is 33.5 Å². The van der Waals surface area contributed by atoms with Gasteiger partial charge >= 0.3 is 11.3 Å². The minimum Gasteiger partial charge on any atom is -0.493 e. The Labute approximate surface area is 262 Å². The van der Waals surface area contributed by atoms with E-state index in [0.29, 0.717) is 0 Å². The van der Waals surface area contributed by atoms with Crippen molar-refractivity contribution < 1.29 is 77.7 Å². The quantitative estimate of drug-likeness (QED) is 0.0719. The Balaban J connectivity index is 1.35. The van der Waals surface area contributed by atoms with E-state index in [4.69, 9.17) is 42.0 Å². The lowest BCUT2D eigenvalue weighted by molar-refractivity contribution is -0.323. The van der Waals surface area contributed by atoms with E-state index in [9.17, 15) is 45.3 Å². The predicted molar refractivity (Wildman–Crippen MR) is 154 cm³/mol. The molecule has 256 valence electrons. The van der Waals surface area contributed by atoms with E-state index in [0.717, 1.165) is 0 Å². The van der Waals surface area contributed by atoms with E-state index in [2.05, 4.69) is 0 Å². The van der Waals surface area contributed by atoms with E-state index in [1.807, 2.05) is 0 Å². The second kappa shape index (κ2) is 12.7. The average Bonchev–Trinajstić information content (AvgIpc) is 3.06. The highest BCUT2D eigenvalue weighted by atomic mass is 16.7. The van der Waals surface area contributed by atoms with Crippen LogP contribution >= 0.6 is 0 Å². The third-order valence-electron chi connectivity index (χ3n) is 8.30. The van der Waals surface area contributed by atoms with Crippen molar-refractivity contribution in [2.75, 3.05) is 34.5 Å². The molecule has 47 heavy (non-hydrogen) atoms. The number of hydrogen-bond donors (Lipinski definition) is 7. The van der Waals surface area contributed by atoms with Gasteiger partial charge in [-0.25, -0.2) is 9.59 Å². The van der Waals surface area contributed by atoms with Crippen molar-refractivity contribution in [3.63, 3.8) is 0 Å². The highest BCUT2D eigenvalue weighted by molar-refractivity contribution is 6.22. The molecule has 10 atom stereocenters. The number of rotatable bonds is 9. The molecule has 2 fully saturated rings. The number of hydrogen-bond acceptors (Lipinski definition) is 18. The van der Waals surface area contributed by atoms with Gasteiger partial charge in [0.1, 0.15) is 48.8 Å². The van der Waals surface area contributed by atoms with Crippen LogP contribution in [0.4, 0.5) is 0 Å². The molecule has 7 N–H and O–H groups in total. The van der Waals surface area contributed by atoms with Crippen LogP contribution in [0.5, 0.6) is 23.0 Å². The Hall–Kier alpha value is -3.82. The Morgan fingerprint density at radius 2 is 1.13 bits per heavy atom. The van der Waals surface area contributed by atoms with Crippen molar-refractivity contribution in [3.05, 3.63) is 33.0 Å². The second-order valence-corrected chi connectivity index (χ2v) is 11.0. The third kappa shape index (κ3) is 5.32. The molecular formula is C29H32O18. The van der Waals surface area contributed by atoms with Crippen LogP contribution < -0.4 is 30.2 Å². The molecule has 18 heteroatoms. The van der Waals surface area contributed by atoms with Gasteiger partial charge in [0.15, 0.2) is 29.0 Å². The molecule has 2 aromatic carbocycles. The summed E-state index contributed by atoms with van der Waals surface area (Å²) in [5, 5.41) is 71.8. The average molecular weight is 669 g/mol. The number of ether oxygens (including phenoxy) is 7. The molecule has 0 saturated carbocycles. The standard InChI is InChI=1S/C29H32O18/c1-39-10-4-8-14-15-9(27(38)46-24(14)22(10)40-2)5-11(23(41-3)25(15)47-26(8)37)43-29-21(36)19(34)17(32)13(45-29)7-42-28-20(35)18(33)16(31)12(6-30)44-28/h4-5,12-13,16-21,28-36H,6-7H2,1-3H3/t12-,13-,16-,17-,18+,19+,20-,21-,28?,29-/m1/s1. The normalized spacial score (nSPS) is 31.4. The molecule has 2 aromatic heterocycles. The van der Waals surface area contributed by atoms with Crippen LogP contribution in [0.25, 0.3) is 32.7 Å². The first kappa shape index (κ1) is 33.1. The van der Waals surface area contributed by atoms with Gasteiger partial charge in [0, 0.05) is 10.8 Å². The number of benzene rings is 2. The summed E-state index contributed by atoms with van der Waals surface area (Å²) in [6.07, 6.45) is -16.7. The largest absolute Gasteiger partial charge is 0.493 e. The Morgan fingerprint density at radius 1 is 0.638 bits per heavy atom. The molecule has 0 amide bonds. The van der Waals surface area contributed by atoms with Crippen LogP contribution in [0.3, 0.4) is 0 Å². The van der Waals surface area contributed by atoms with Crippen LogP contribution in [0, 0.1) is 0 Å². The maximum Gasteiger partial charge on any atom is 0.344 e. The lowest BCUT2D eigenvalue weighted by Crippen LogP contribution is -2.62. The van der Waals surface area contributed by atoms with E-state index in [1.54, 1.807) is 0 Å². The second-order valence-electron chi connectivity index (χ2n) is 11.0. The van der Waals surface area contributed by atoms with Gasteiger partial charge in [-0.15, -0.1) is 0 Å². The van der Waals surface area contributed by atoms with Crippen molar-refractivity contribution >= 4 is 32.7 Å². The van der Waals surface area contributed by atoms with Crippen LogP contribution in [-0.2, 0) is 14.2 Å². The molecule has 2 aliphatic rings. The fourth-order valence-corrected chi connectivity index (χ4v) is 5.84. The van der Waals surface area contributed by atoms with Gasteiger partial charge in [-0.3, -0.25) is 0 Å². The maximum absolute atomic E-state index is 13.3. The highest BCUT2D eigenvalue weighted by Gasteiger charge is 2.48. The number of aliphatic hydroxyl groups is 7. The Bertz CT molecular complexity index is 1870. The summed E-state index contributed by atoms with van der Waals surface area (Å²) >= 11 is 0. The molecule has 1 unspecified atom stereocenters. The van der Waals surface area contributed by atoms with Crippen LogP contribution in [0.15, 0.2) is 30.6 Å². The molecular weight excluding hydrogens is 636 g/mol. The van der Waals surface area contributed by atoms with Gasteiger partial charge < -0.3 is 77.7 Å². The fraction of sp³-hybridized carbons (Fsp3) is 0.517. The SMILES string of the molecule is COc1cc2c(=O)oc3c(OC)c(O[C@@H]4O[C@H](COC5O[C@H](CO)[C@@H](O)[C@H](O)[C@H]5O)[C@@H](O)[C@H](O)[C@H]4O)cc4c(=O)oc(c1OC)c2c34. The van der Waals surface area contributed by atoms with Gasteiger partial charge in [-0.2, -0.15) is 0 Å². The first-order chi connectivity index (χ1) is 22.4. The summed E-state index contributed by atoms with van der Waals surface area (Å²) in [6, 6.07) is 2.56. The summed E-state index contributed by atoms with van der Waals surface area (Å²) < 4.78 is 49.6. The molecule has 18 nitrogen and oxygen atoms in total. The highest BCUT2D eigenvalue weighted by Crippen LogP contribution is 2.46. The molecule has 0 aliphatic carbocycles. The smallest absolute Gasteiger partial charge is 0.344 e. The third-order valence-corrected chi connectivity index (χ3v) is 8.30. The molecule has 4 heterocycles. The summed E-state index contributed by atoms with van der Waals surface area (Å²) in [5.41, 5.74) is -2.07. The van der Waals surface area contributed by atoms with Gasteiger partial charge in [-0.1, -0.05) is 0 Å². The fourth-order valence-electron chi connectivity index (χ4n) is 5.84. The summed E-state index contributed by atoms with van der Waals surface area (Å²) in [6.45, 7) is -1.33. The molecule has 6 rings (SSSR count). The summed E-state index contributed by atoms with van der Waals surface area (Å²) in [4.78, 5) is 26.4. The van der Waals surface area contributed by atoms with Gasteiger partial charge in [0.25, 0.3) is 0 Å². The lowest BCUT2D eigenvalue weighted by atomic mass is 9.98. The van der Waals surface area contributed by atoms with Crippen molar-refractivity contribution in [2.24, 2.45) is 0 Å². The van der Waals surface area contributed by atoms with Gasteiger partial charge in [0.2, 0.25) is 17.8 Å². The Morgan fingerprint density at radius 3 is 1.66 bits per heavy atom. The minimum atomic E-state index is -1.89. The number of aliphatic hydroxyl groups excluding tert-OH is 7. The van der Waals surface area contributed by atoms with Crippen LogP contribution in [0.2, 0.25) is 0 Å². The molecule has 2 aliphatic heterocycles. The van der Waals surface area contributed by atoms with Gasteiger partial charge in [-0.05, 0) is 12.1 Å². The van der Waals surface area contributed by atoms with Crippen molar-refractivity contribution in [1.29, 1.82) is 0 Å². The first-order valence-corrected chi connectivity index (χ1v) is 14.2. The van der Waals surface area contributed by atoms with Crippen molar-refractivity contribution in [2.45, 2.75) is 61.4 Å². The molecule has 2 saturated heterocycles. The maximum atomic E-state index is 13.3. The Kier molecular flexibility index (Phi) is 8.91. The van der Waals surface area contributed by atoms with Crippen molar-refractivity contribution in [3.8, 4) is 23.0 Å². The zero-order valence-corrected chi connectivity index (χ0v) is 25.0. The minimum absolute atomic E-state index is 0.0139. The lowest BCUT2D eigenvalue weighted by Gasteiger charge is -2.42. The zero-order chi connectivity index (χ0) is 33.9. The summed E-state index contributed by atoms with van der Waals surface area (Å²) in [7, 11) is 3.89. The number of methoxy groups -OCH3 is 3. The van der Waals surface area contributed by atoms with E-state index in [-0.39, 0.29) is 55.7 Å². The predicted octanol–water partition coefficient (Wildman–Crippen LogP) is -2.48. The van der Waals surface area contributed by atoms with Crippen LogP contribution in [-0.4, -0.2) is 132 Å². The molecule has 0 radical (unpaired) electrons. The molecule has 0 bridgehead atoms. The molecule has 0 spiro atoms. The van der Waals surface area contributed by atoms with E-state index < -0.39 is 85.9 Å². The molecule has 4 aromatic rings. The monoisotopic (exact) mass is 668 g/mol. The summed E-state index contributed by atoms with van der Waals surface area (Å²) in [5.74, 6) is -0.337. The van der Waals surface area contributed by atoms with Crippen molar-refractivity contribution in [1.82, 2.24) is 0 Å². The first-order valence-electron chi connectivity index (χ1n) is 14.2. The topological polar surface area (TPSA) is 267 Å². The zero-order valence-electron chi connectivity index (χ0n) is 25.0. The van der Waals surface area contributed by atoms with Crippen LogP contribution in [0.1, 0.15) is 0 Å². The van der Waals surface area contributed by atoms with Gasteiger partial charge in [0.05, 0.1) is 45.3 Å².